The van der Waals surface area contributed by atoms with Crippen LogP contribution in [0.1, 0.15) is 27.8 Å². The molecule has 0 bridgehead atoms. The largest absolute Gasteiger partial charge is 0.369 e. The maximum atomic E-state index is 12.9. The Labute approximate surface area is 164 Å². The standard InChI is InChI=1S/C21H24N6O/c1-26-11-13-27(14-12-26)18-9-7-17(8-10-18)21(28)24-19(20-22-15-23-25-20)16-5-3-2-4-6-16/h2-10,15,19H,11-14H2,1H3,(H,24,28)(H,22,23,25). The number of carbonyl (C=O) groups excluding carboxylic acids is 1. The van der Waals surface area contributed by atoms with Crippen molar-refractivity contribution in [3.8, 4) is 0 Å². The zero-order valence-corrected chi connectivity index (χ0v) is 15.9. The molecule has 1 aromatic heterocycles. The zero-order valence-electron chi connectivity index (χ0n) is 15.9. The van der Waals surface area contributed by atoms with E-state index in [2.05, 4.69) is 37.3 Å². The number of amides is 1. The minimum atomic E-state index is -0.381. The second-order valence-electron chi connectivity index (χ2n) is 7.03. The van der Waals surface area contributed by atoms with E-state index in [9.17, 15) is 4.79 Å². The lowest BCUT2D eigenvalue weighted by molar-refractivity contribution is 0.0941. The Balaban J connectivity index is 1.49. The van der Waals surface area contributed by atoms with Crippen LogP contribution in [-0.2, 0) is 0 Å². The van der Waals surface area contributed by atoms with Crippen LogP contribution < -0.4 is 10.2 Å². The number of hydrogen-bond acceptors (Lipinski definition) is 5. The first-order valence-corrected chi connectivity index (χ1v) is 9.45. The first-order valence-electron chi connectivity index (χ1n) is 9.45. The predicted molar refractivity (Wildman–Crippen MR) is 108 cm³/mol. The van der Waals surface area contributed by atoms with Crippen molar-refractivity contribution in [2.75, 3.05) is 38.1 Å². The summed E-state index contributed by atoms with van der Waals surface area (Å²) in [5.74, 6) is 0.462. The van der Waals surface area contributed by atoms with Gasteiger partial charge >= 0.3 is 0 Å². The molecular weight excluding hydrogens is 352 g/mol. The maximum Gasteiger partial charge on any atom is 0.252 e. The fourth-order valence-electron chi connectivity index (χ4n) is 3.41. The Bertz CT molecular complexity index is 886. The number of aromatic amines is 1. The minimum Gasteiger partial charge on any atom is -0.369 e. The van der Waals surface area contributed by atoms with Crippen LogP contribution in [0.15, 0.2) is 60.9 Å². The Kier molecular flexibility index (Phi) is 5.34. The Morgan fingerprint density at radius 2 is 1.75 bits per heavy atom. The number of carbonyl (C=O) groups is 1. The highest BCUT2D eigenvalue weighted by Crippen LogP contribution is 2.20. The lowest BCUT2D eigenvalue weighted by Crippen LogP contribution is -2.44. The molecule has 3 aromatic rings. The number of rotatable bonds is 5. The maximum absolute atomic E-state index is 12.9. The summed E-state index contributed by atoms with van der Waals surface area (Å²) in [6, 6.07) is 17.2. The predicted octanol–water partition coefficient (Wildman–Crippen LogP) is 2.08. The molecule has 1 aliphatic heterocycles. The first-order chi connectivity index (χ1) is 13.7. The van der Waals surface area contributed by atoms with E-state index in [4.69, 9.17) is 0 Å². The molecule has 1 unspecified atom stereocenters. The van der Waals surface area contributed by atoms with Crippen LogP contribution in [0.4, 0.5) is 5.69 Å². The molecule has 0 spiro atoms. The molecule has 0 aliphatic carbocycles. The minimum absolute atomic E-state index is 0.143. The topological polar surface area (TPSA) is 77.2 Å². The van der Waals surface area contributed by atoms with Gasteiger partial charge in [0, 0.05) is 37.4 Å². The molecule has 7 nitrogen and oxygen atoms in total. The normalized spacial score (nSPS) is 16.0. The van der Waals surface area contributed by atoms with Gasteiger partial charge in [-0.3, -0.25) is 9.89 Å². The Hall–Kier alpha value is -3.19. The number of anilines is 1. The van der Waals surface area contributed by atoms with E-state index in [1.165, 1.54) is 6.33 Å². The molecule has 2 aromatic carbocycles. The molecule has 2 N–H and O–H groups in total. The van der Waals surface area contributed by atoms with Gasteiger partial charge in [0.05, 0.1) is 0 Å². The number of aromatic nitrogens is 3. The SMILES string of the molecule is CN1CCN(c2ccc(C(=O)NC(c3ccccc3)c3ncn[nH]3)cc2)CC1. The monoisotopic (exact) mass is 376 g/mol. The van der Waals surface area contributed by atoms with Crippen LogP contribution >= 0.6 is 0 Å². The van der Waals surface area contributed by atoms with Crippen molar-refractivity contribution in [3.05, 3.63) is 77.9 Å². The van der Waals surface area contributed by atoms with Crippen LogP contribution in [0, 0.1) is 0 Å². The fourth-order valence-corrected chi connectivity index (χ4v) is 3.41. The van der Waals surface area contributed by atoms with Crippen LogP contribution in [-0.4, -0.2) is 59.2 Å². The number of nitrogens with one attached hydrogen (secondary N) is 2. The van der Waals surface area contributed by atoms with Gasteiger partial charge in [-0.05, 0) is 36.9 Å². The van der Waals surface area contributed by atoms with E-state index < -0.39 is 0 Å². The fraction of sp³-hybridized carbons (Fsp3) is 0.286. The molecule has 0 saturated carbocycles. The van der Waals surface area contributed by atoms with Gasteiger partial charge in [0.2, 0.25) is 0 Å². The summed E-state index contributed by atoms with van der Waals surface area (Å²) >= 11 is 0. The second kappa shape index (κ2) is 8.22. The van der Waals surface area contributed by atoms with Crippen LogP contribution in [0.3, 0.4) is 0 Å². The van der Waals surface area contributed by atoms with Crippen molar-refractivity contribution >= 4 is 11.6 Å². The number of nitrogens with zero attached hydrogens (tertiary/aromatic N) is 4. The number of likely N-dealkylation sites (N-methyl/N-ethyl adjacent to an activating group) is 1. The van der Waals surface area contributed by atoms with Crippen molar-refractivity contribution in [3.63, 3.8) is 0 Å². The number of benzene rings is 2. The molecule has 2 heterocycles. The lowest BCUT2D eigenvalue weighted by Gasteiger charge is -2.34. The summed E-state index contributed by atoms with van der Waals surface area (Å²) in [6.07, 6.45) is 1.45. The highest BCUT2D eigenvalue weighted by molar-refractivity contribution is 5.95. The molecule has 1 aliphatic rings. The van der Waals surface area contributed by atoms with Gasteiger partial charge in [-0.25, -0.2) is 4.98 Å². The first kappa shape index (κ1) is 18.2. The molecular formula is C21H24N6O. The molecule has 0 radical (unpaired) electrons. The van der Waals surface area contributed by atoms with Crippen LogP contribution in [0.25, 0.3) is 0 Å². The molecule has 7 heteroatoms. The van der Waals surface area contributed by atoms with E-state index >= 15 is 0 Å². The molecule has 1 atom stereocenters. The van der Waals surface area contributed by atoms with E-state index in [1.54, 1.807) is 0 Å². The van der Waals surface area contributed by atoms with Gasteiger partial charge in [-0.2, -0.15) is 5.10 Å². The van der Waals surface area contributed by atoms with Gasteiger partial charge in [-0.15, -0.1) is 0 Å². The number of H-pyrrole nitrogens is 1. The average Bonchev–Trinajstić information content (AvgIpc) is 3.28. The average molecular weight is 376 g/mol. The Morgan fingerprint density at radius 3 is 2.39 bits per heavy atom. The summed E-state index contributed by atoms with van der Waals surface area (Å²) in [5, 5.41) is 9.85. The molecule has 28 heavy (non-hydrogen) atoms. The van der Waals surface area contributed by atoms with Gasteiger partial charge in [0.25, 0.3) is 5.91 Å². The summed E-state index contributed by atoms with van der Waals surface area (Å²) < 4.78 is 0. The lowest BCUT2D eigenvalue weighted by atomic mass is 10.1. The van der Waals surface area contributed by atoms with Crippen molar-refractivity contribution in [2.45, 2.75) is 6.04 Å². The summed E-state index contributed by atoms with van der Waals surface area (Å²) in [4.78, 5) is 21.8. The van der Waals surface area contributed by atoms with Crippen molar-refractivity contribution in [1.82, 2.24) is 25.4 Å². The van der Waals surface area contributed by atoms with Gasteiger partial charge < -0.3 is 15.1 Å². The zero-order chi connectivity index (χ0) is 19.3. The Morgan fingerprint density at radius 1 is 1.04 bits per heavy atom. The molecule has 1 fully saturated rings. The third-order valence-corrected chi connectivity index (χ3v) is 5.11. The second-order valence-corrected chi connectivity index (χ2v) is 7.03. The van der Waals surface area contributed by atoms with E-state index in [-0.39, 0.29) is 11.9 Å². The van der Waals surface area contributed by atoms with Crippen LogP contribution in [0.5, 0.6) is 0 Å². The third-order valence-electron chi connectivity index (χ3n) is 5.11. The van der Waals surface area contributed by atoms with Gasteiger partial charge in [-0.1, -0.05) is 30.3 Å². The van der Waals surface area contributed by atoms with Gasteiger partial charge in [0.15, 0.2) is 5.82 Å². The van der Waals surface area contributed by atoms with Crippen molar-refractivity contribution in [2.24, 2.45) is 0 Å². The quantitative estimate of drug-likeness (QED) is 0.713. The van der Waals surface area contributed by atoms with E-state index in [0.29, 0.717) is 11.4 Å². The summed E-state index contributed by atoms with van der Waals surface area (Å²) in [7, 11) is 2.14. The van der Waals surface area contributed by atoms with Crippen molar-refractivity contribution in [1.29, 1.82) is 0 Å². The molecule has 1 amide bonds. The molecule has 144 valence electrons. The summed E-state index contributed by atoms with van der Waals surface area (Å²) in [6.45, 7) is 4.11. The number of hydrogen-bond donors (Lipinski definition) is 2. The van der Waals surface area contributed by atoms with E-state index in [1.807, 2.05) is 54.6 Å². The third kappa shape index (κ3) is 4.04. The smallest absolute Gasteiger partial charge is 0.252 e. The van der Waals surface area contributed by atoms with Gasteiger partial charge in [0.1, 0.15) is 12.4 Å². The number of piperazine rings is 1. The molecule has 4 rings (SSSR count). The van der Waals surface area contributed by atoms with E-state index in [0.717, 1.165) is 37.4 Å². The highest BCUT2D eigenvalue weighted by Gasteiger charge is 2.20. The highest BCUT2D eigenvalue weighted by atomic mass is 16.1. The molecule has 1 saturated heterocycles. The summed E-state index contributed by atoms with van der Waals surface area (Å²) in [5.41, 5.74) is 2.72. The van der Waals surface area contributed by atoms with Crippen LogP contribution in [0.2, 0.25) is 0 Å². The van der Waals surface area contributed by atoms with Crippen molar-refractivity contribution < 1.29 is 4.79 Å².